The lowest BCUT2D eigenvalue weighted by atomic mass is 9.87. The van der Waals surface area contributed by atoms with Gasteiger partial charge in [0.25, 0.3) is 0 Å². The molecule has 19 heavy (non-hydrogen) atoms. The summed E-state index contributed by atoms with van der Waals surface area (Å²) in [6.07, 6.45) is 0. The Morgan fingerprint density at radius 2 is 1.63 bits per heavy atom. The van der Waals surface area contributed by atoms with Gasteiger partial charge in [-0.2, -0.15) is 0 Å². The van der Waals surface area contributed by atoms with Gasteiger partial charge in [-0.15, -0.1) is 0 Å². The second-order valence-electron chi connectivity index (χ2n) is 5.49. The van der Waals surface area contributed by atoms with Gasteiger partial charge in [0, 0.05) is 4.47 Å². The zero-order valence-corrected chi connectivity index (χ0v) is 12.9. The van der Waals surface area contributed by atoms with E-state index in [1.54, 1.807) is 12.1 Å². The fourth-order valence-corrected chi connectivity index (χ4v) is 2.08. The topological polar surface area (TPSA) is 29.5 Å². The molecule has 0 saturated carbocycles. The maximum absolute atomic E-state index is 9.78. The molecule has 1 N–H and O–H groups in total. The number of halogens is 1. The van der Waals surface area contributed by atoms with E-state index in [-0.39, 0.29) is 11.2 Å². The molecule has 2 aromatic carbocycles. The first kappa shape index (κ1) is 13.9. The highest BCUT2D eigenvalue weighted by Gasteiger charge is 2.13. The number of hydrogen-bond acceptors (Lipinski definition) is 2. The summed E-state index contributed by atoms with van der Waals surface area (Å²) in [4.78, 5) is 0. The predicted octanol–water partition coefficient (Wildman–Crippen LogP) is 5.24. The maximum Gasteiger partial charge on any atom is 0.169 e. The van der Waals surface area contributed by atoms with E-state index >= 15 is 0 Å². The van der Waals surface area contributed by atoms with Gasteiger partial charge < -0.3 is 9.84 Å². The first-order chi connectivity index (χ1) is 8.86. The van der Waals surface area contributed by atoms with E-state index in [1.807, 2.05) is 30.3 Å². The molecule has 0 aromatic heterocycles. The van der Waals surface area contributed by atoms with Crippen LogP contribution in [-0.2, 0) is 5.41 Å². The van der Waals surface area contributed by atoms with Crippen molar-refractivity contribution in [3.63, 3.8) is 0 Å². The zero-order chi connectivity index (χ0) is 14.0. The first-order valence-electron chi connectivity index (χ1n) is 6.13. The monoisotopic (exact) mass is 320 g/mol. The van der Waals surface area contributed by atoms with Crippen molar-refractivity contribution >= 4 is 15.9 Å². The molecular weight excluding hydrogens is 304 g/mol. The van der Waals surface area contributed by atoms with Crippen LogP contribution in [0.4, 0.5) is 0 Å². The van der Waals surface area contributed by atoms with Crippen LogP contribution in [0.25, 0.3) is 0 Å². The van der Waals surface area contributed by atoms with Crippen LogP contribution in [0.15, 0.2) is 46.9 Å². The lowest BCUT2D eigenvalue weighted by Crippen LogP contribution is -2.10. The van der Waals surface area contributed by atoms with Crippen LogP contribution in [0.3, 0.4) is 0 Å². The number of benzene rings is 2. The normalized spacial score (nSPS) is 11.4. The molecule has 100 valence electrons. The largest absolute Gasteiger partial charge is 0.504 e. The highest BCUT2D eigenvalue weighted by atomic mass is 79.9. The third kappa shape index (κ3) is 3.51. The lowest BCUT2D eigenvalue weighted by Gasteiger charge is -2.19. The Morgan fingerprint density at radius 3 is 2.16 bits per heavy atom. The molecule has 0 saturated heterocycles. The highest BCUT2D eigenvalue weighted by Crippen LogP contribution is 2.33. The minimum Gasteiger partial charge on any atom is -0.504 e. The smallest absolute Gasteiger partial charge is 0.169 e. The van der Waals surface area contributed by atoms with E-state index < -0.39 is 0 Å². The standard InChI is InChI=1S/C16H17BrO2/c1-16(2,3)11-4-7-13(8-5-11)19-15-9-6-12(17)10-14(15)18/h4-10,18H,1-3H3. The van der Waals surface area contributed by atoms with Crippen LogP contribution in [0.1, 0.15) is 26.3 Å². The SMILES string of the molecule is CC(C)(C)c1ccc(Oc2ccc(Br)cc2O)cc1. The van der Waals surface area contributed by atoms with E-state index in [9.17, 15) is 5.11 Å². The number of aromatic hydroxyl groups is 1. The molecule has 3 heteroatoms. The predicted molar refractivity (Wildman–Crippen MR) is 81.0 cm³/mol. The van der Waals surface area contributed by atoms with Crippen molar-refractivity contribution in [1.29, 1.82) is 0 Å². The molecule has 0 fully saturated rings. The fourth-order valence-electron chi connectivity index (χ4n) is 1.73. The van der Waals surface area contributed by atoms with Crippen molar-refractivity contribution in [2.24, 2.45) is 0 Å². The van der Waals surface area contributed by atoms with E-state index in [4.69, 9.17) is 4.74 Å². The first-order valence-corrected chi connectivity index (χ1v) is 6.92. The van der Waals surface area contributed by atoms with E-state index in [0.717, 1.165) is 4.47 Å². The highest BCUT2D eigenvalue weighted by molar-refractivity contribution is 9.10. The Balaban J connectivity index is 2.20. The van der Waals surface area contributed by atoms with Gasteiger partial charge >= 0.3 is 0 Å². The number of phenols is 1. The molecule has 2 rings (SSSR count). The quantitative estimate of drug-likeness (QED) is 0.819. The van der Waals surface area contributed by atoms with Crippen LogP contribution in [0, 0.1) is 0 Å². The Morgan fingerprint density at radius 1 is 1.00 bits per heavy atom. The molecule has 0 aliphatic carbocycles. The van der Waals surface area contributed by atoms with Gasteiger partial charge in [0.1, 0.15) is 5.75 Å². The van der Waals surface area contributed by atoms with Gasteiger partial charge in [-0.1, -0.05) is 48.8 Å². The lowest BCUT2D eigenvalue weighted by molar-refractivity contribution is 0.410. The molecule has 0 atom stereocenters. The Labute approximate surface area is 122 Å². The summed E-state index contributed by atoms with van der Waals surface area (Å²) in [5, 5.41) is 9.78. The molecule has 0 bridgehead atoms. The molecule has 0 radical (unpaired) electrons. The summed E-state index contributed by atoms with van der Waals surface area (Å²) >= 11 is 3.30. The molecule has 0 heterocycles. The van der Waals surface area contributed by atoms with Crippen LogP contribution >= 0.6 is 15.9 Å². The molecular formula is C16H17BrO2. The maximum atomic E-state index is 9.78. The van der Waals surface area contributed by atoms with Gasteiger partial charge in [-0.05, 0) is 41.3 Å². The minimum atomic E-state index is 0.120. The summed E-state index contributed by atoms with van der Waals surface area (Å²) in [7, 11) is 0. The van der Waals surface area contributed by atoms with Gasteiger partial charge in [-0.3, -0.25) is 0 Å². The van der Waals surface area contributed by atoms with Gasteiger partial charge in [-0.25, -0.2) is 0 Å². The van der Waals surface area contributed by atoms with Crippen LogP contribution in [0.5, 0.6) is 17.2 Å². The van der Waals surface area contributed by atoms with E-state index in [1.165, 1.54) is 5.56 Å². The summed E-state index contributed by atoms with van der Waals surface area (Å²) < 4.78 is 6.48. The summed E-state index contributed by atoms with van der Waals surface area (Å²) in [6, 6.07) is 13.1. The van der Waals surface area contributed by atoms with Crippen LogP contribution in [0.2, 0.25) is 0 Å². The second kappa shape index (κ2) is 5.25. The average Bonchev–Trinajstić information content (AvgIpc) is 2.32. The fraction of sp³-hybridized carbons (Fsp3) is 0.250. The van der Waals surface area contributed by atoms with E-state index in [2.05, 4.69) is 36.7 Å². The number of ether oxygens (including phenoxy) is 1. The Kier molecular flexibility index (Phi) is 3.85. The Bertz CT molecular complexity index is 568. The van der Waals surface area contributed by atoms with Crippen molar-refractivity contribution < 1.29 is 9.84 Å². The van der Waals surface area contributed by atoms with Crippen molar-refractivity contribution in [1.82, 2.24) is 0 Å². The van der Waals surface area contributed by atoms with Gasteiger partial charge in [0.15, 0.2) is 11.5 Å². The average molecular weight is 321 g/mol. The zero-order valence-electron chi connectivity index (χ0n) is 11.3. The van der Waals surface area contributed by atoms with Crippen molar-refractivity contribution in [3.05, 3.63) is 52.5 Å². The molecule has 0 aliphatic heterocycles. The van der Waals surface area contributed by atoms with Crippen molar-refractivity contribution in [2.45, 2.75) is 26.2 Å². The minimum absolute atomic E-state index is 0.120. The molecule has 2 nitrogen and oxygen atoms in total. The molecule has 0 unspecified atom stereocenters. The number of hydrogen-bond donors (Lipinski definition) is 1. The molecule has 0 amide bonds. The summed E-state index contributed by atoms with van der Waals surface area (Å²) in [5.74, 6) is 1.28. The molecule has 0 aliphatic rings. The van der Waals surface area contributed by atoms with Crippen molar-refractivity contribution in [2.75, 3.05) is 0 Å². The number of phenolic OH excluding ortho intramolecular Hbond substituents is 1. The third-order valence-corrected chi connectivity index (χ3v) is 3.36. The Hall–Kier alpha value is -1.48. The second-order valence-corrected chi connectivity index (χ2v) is 6.40. The summed E-state index contributed by atoms with van der Waals surface area (Å²) in [6.45, 7) is 6.51. The van der Waals surface area contributed by atoms with Crippen molar-refractivity contribution in [3.8, 4) is 17.2 Å². The van der Waals surface area contributed by atoms with Crippen LogP contribution < -0.4 is 4.74 Å². The molecule has 0 spiro atoms. The summed E-state index contributed by atoms with van der Waals surface area (Å²) in [5.41, 5.74) is 1.37. The number of rotatable bonds is 2. The van der Waals surface area contributed by atoms with Gasteiger partial charge in [0.2, 0.25) is 0 Å². The van der Waals surface area contributed by atoms with Crippen LogP contribution in [-0.4, -0.2) is 5.11 Å². The van der Waals surface area contributed by atoms with Gasteiger partial charge in [0.05, 0.1) is 0 Å². The molecule has 2 aromatic rings. The van der Waals surface area contributed by atoms with E-state index in [0.29, 0.717) is 11.5 Å². The third-order valence-electron chi connectivity index (χ3n) is 2.87.